The van der Waals surface area contributed by atoms with Crippen LogP contribution in [0, 0.1) is 5.92 Å². The Bertz CT molecular complexity index is 648. The summed E-state index contributed by atoms with van der Waals surface area (Å²) in [5, 5.41) is 8.47. The summed E-state index contributed by atoms with van der Waals surface area (Å²) in [6.07, 6.45) is 4.04. The summed E-state index contributed by atoms with van der Waals surface area (Å²) in [5.41, 5.74) is 0.960. The van der Waals surface area contributed by atoms with Crippen LogP contribution in [0.4, 0.5) is 0 Å². The van der Waals surface area contributed by atoms with Crippen molar-refractivity contribution in [2.45, 2.75) is 25.8 Å². The Kier molecular flexibility index (Phi) is 4.60. The van der Waals surface area contributed by atoms with Crippen LogP contribution in [0.5, 0.6) is 0 Å². The average molecular weight is 323 g/mol. The molecule has 21 heavy (non-hydrogen) atoms. The second-order valence-electron chi connectivity index (χ2n) is 5.32. The molecule has 0 aliphatic heterocycles. The fourth-order valence-corrected chi connectivity index (χ4v) is 3.40. The third-order valence-corrected chi connectivity index (χ3v) is 5.08. The molecule has 112 valence electrons. The quantitative estimate of drug-likeness (QED) is 0.670. The lowest BCUT2D eigenvalue weighted by Crippen LogP contribution is -2.40. The van der Waals surface area contributed by atoms with Gasteiger partial charge in [-0.15, -0.1) is 11.3 Å². The number of hydrogen-bond donors (Lipinski definition) is 2. The van der Waals surface area contributed by atoms with E-state index in [1.54, 1.807) is 18.4 Å². The maximum atomic E-state index is 5.99. The van der Waals surface area contributed by atoms with Gasteiger partial charge in [-0.05, 0) is 37.0 Å². The van der Waals surface area contributed by atoms with Crippen LogP contribution in [0.15, 0.2) is 23.2 Å². The predicted molar refractivity (Wildman–Crippen MR) is 90.2 cm³/mol. The number of rotatable bonds is 4. The smallest absolute Gasteiger partial charge is 0.191 e. The number of benzene rings is 1. The number of aliphatic imine (C=N–C) groups is 1. The van der Waals surface area contributed by atoms with Gasteiger partial charge in [0, 0.05) is 18.6 Å². The number of thiazole rings is 1. The van der Waals surface area contributed by atoms with Crippen molar-refractivity contribution in [1.82, 2.24) is 15.6 Å². The molecule has 1 saturated carbocycles. The van der Waals surface area contributed by atoms with Gasteiger partial charge in [0.2, 0.25) is 0 Å². The Morgan fingerprint density at radius 1 is 1.43 bits per heavy atom. The van der Waals surface area contributed by atoms with Gasteiger partial charge in [0.1, 0.15) is 5.01 Å². The molecular formula is C15H19ClN4S. The van der Waals surface area contributed by atoms with Crippen LogP contribution in [0.25, 0.3) is 10.2 Å². The SMILES string of the molecule is CN=C(NCc1nc2cc(Cl)ccc2s1)NCC1CCC1. The normalized spacial score (nSPS) is 16.0. The van der Waals surface area contributed by atoms with Crippen LogP contribution >= 0.6 is 22.9 Å². The largest absolute Gasteiger partial charge is 0.356 e. The summed E-state index contributed by atoms with van der Waals surface area (Å²) in [7, 11) is 1.80. The molecule has 1 fully saturated rings. The molecule has 3 rings (SSSR count). The highest BCUT2D eigenvalue weighted by molar-refractivity contribution is 7.18. The Labute approximate surface area is 133 Å². The minimum Gasteiger partial charge on any atom is -0.356 e. The molecule has 1 aliphatic carbocycles. The van der Waals surface area contributed by atoms with Crippen molar-refractivity contribution in [3.05, 3.63) is 28.2 Å². The van der Waals surface area contributed by atoms with E-state index < -0.39 is 0 Å². The molecule has 0 atom stereocenters. The van der Waals surface area contributed by atoms with E-state index in [1.165, 1.54) is 19.3 Å². The van der Waals surface area contributed by atoms with Crippen LogP contribution < -0.4 is 10.6 Å². The van der Waals surface area contributed by atoms with Gasteiger partial charge in [-0.3, -0.25) is 4.99 Å². The molecule has 4 nitrogen and oxygen atoms in total. The van der Waals surface area contributed by atoms with Crippen molar-refractivity contribution >= 4 is 39.1 Å². The van der Waals surface area contributed by atoms with Gasteiger partial charge < -0.3 is 10.6 Å². The predicted octanol–water partition coefficient (Wildman–Crippen LogP) is 3.41. The zero-order valence-corrected chi connectivity index (χ0v) is 13.6. The van der Waals surface area contributed by atoms with Crippen LogP contribution in [0.1, 0.15) is 24.3 Å². The summed E-state index contributed by atoms with van der Waals surface area (Å²) in [4.78, 5) is 8.84. The molecular weight excluding hydrogens is 304 g/mol. The van der Waals surface area contributed by atoms with Crippen LogP contribution in [0.2, 0.25) is 5.02 Å². The molecule has 0 amide bonds. The van der Waals surface area contributed by atoms with Crippen molar-refractivity contribution in [2.75, 3.05) is 13.6 Å². The molecule has 0 bridgehead atoms. The lowest BCUT2D eigenvalue weighted by Gasteiger charge is -2.26. The Morgan fingerprint density at radius 2 is 2.29 bits per heavy atom. The highest BCUT2D eigenvalue weighted by atomic mass is 35.5. The third kappa shape index (κ3) is 3.66. The van der Waals surface area contributed by atoms with Gasteiger partial charge in [-0.1, -0.05) is 18.0 Å². The number of nitrogens with one attached hydrogen (secondary N) is 2. The minimum atomic E-state index is 0.682. The van der Waals surface area contributed by atoms with E-state index in [9.17, 15) is 0 Å². The lowest BCUT2D eigenvalue weighted by molar-refractivity contribution is 0.314. The standard InChI is InChI=1S/C15H19ClN4S/c1-17-15(18-8-10-3-2-4-10)19-9-14-20-12-7-11(16)5-6-13(12)21-14/h5-7,10H,2-4,8-9H2,1H3,(H2,17,18,19). The molecule has 2 aromatic rings. The molecule has 0 radical (unpaired) electrons. The second-order valence-corrected chi connectivity index (χ2v) is 6.87. The molecule has 1 aliphatic rings. The molecule has 1 aromatic heterocycles. The fraction of sp³-hybridized carbons (Fsp3) is 0.467. The number of nitrogens with zero attached hydrogens (tertiary/aromatic N) is 2. The fourth-order valence-electron chi connectivity index (χ4n) is 2.34. The van der Waals surface area contributed by atoms with E-state index in [1.807, 2.05) is 18.2 Å². The molecule has 0 unspecified atom stereocenters. The van der Waals surface area contributed by atoms with E-state index in [0.29, 0.717) is 6.54 Å². The first-order valence-corrected chi connectivity index (χ1v) is 8.43. The van der Waals surface area contributed by atoms with E-state index in [0.717, 1.165) is 38.7 Å². The first-order valence-electron chi connectivity index (χ1n) is 7.24. The zero-order valence-electron chi connectivity index (χ0n) is 12.0. The van der Waals surface area contributed by atoms with Gasteiger partial charge >= 0.3 is 0 Å². The highest BCUT2D eigenvalue weighted by Gasteiger charge is 2.17. The van der Waals surface area contributed by atoms with E-state index in [4.69, 9.17) is 11.6 Å². The third-order valence-electron chi connectivity index (χ3n) is 3.81. The summed E-state index contributed by atoms with van der Waals surface area (Å²) in [6.45, 7) is 1.69. The van der Waals surface area contributed by atoms with Crippen LogP contribution in [-0.4, -0.2) is 24.5 Å². The maximum Gasteiger partial charge on any atom is 0.191 e. The van der Waals surface area contributed by atoms with Gasteiger partial charge in [0.15, 0.2) is 5.96 Å². The summed E-state index contributed by atoms with van der Waals surface area (Å²) < 4.78 is 1.16. The summed E-state index contributed by atoms with van der Waals surface area (Å²) in [5.74, 6) is 1.66. The van der Waals surface area contributed by atoms with Crippen molar-refractivity contribution in [3.8, 4) is 0 Å². The lowest BCUT2D eigenvalue weighted by atomic mass is 9.85. The monoisotopic (exact) mass is 322 g/mol. The average Bonchev–Trinajstić information content (AvgIpc) is 2.82. The molecule has 6 heteroatoms. The van der Waals surface area contributed by atoms with Crippen LogP contribution in [-0.2, 0) is 6.54 Å². The Balaban J connectivity index is 1.56. The summed E-state index contributed by atoms with van der Waals surface area (Å²) >= 11 is 7.67. The summed E-state index contributed by atoms with van der Waals surface area (Å²) in [6, 6.07) is 5.82. The molecule has 0 saturated heterocycles. The highest BCUT2D eigenvalue weighted by Crippen LogP contribution is 2.25. The number of hydrogen-bond acceptors (Lipinski definition) is 3. The van der Waals surface area contributed by atoms with Crippen molar-refractivity contribution in [1.29, 1.82) is 0 Å². The van der Waals surface area contributed by atoms with E-state index >= 15 is 0 Å². The van der Waals surface area contributed by atoms with E-state index in [-0.39, 0.29) is 0 Å². The number of fused-ring (bicyclic) bond motifs is 1. The Hall–Kier alpha value is -1.33. The Morgan fingerprint density at radius 3 is 3.00 bits per heavy atom. The van der Waals surface area contributed by atoms with Gasteiger partial charge in [0.25, 0.3) is 0 Å². The topological polar surface area (TPSA) is 49.3 Å². The molecule has 0 spiro atoms. The van der Waals surface area contributed by atoms with Crippen LogP contribution in [0.3, 0.4) is 0 Å². The van der Waals surface area contributed by atoms with Crippen molar-refractivity contribution < 1.29 is 0 Å². The van der Waals surface area contributed by atoms with Gasteiger partial charge in [0.05, 0.1) is 16.8 Å². The number of aromatic nitrogens is 1. The second kappa shape index (κ2) is 6.62. The molecule has 1 heterocycles. The minimum absolute atomic E-state index is 0.682. The zero-order chi connectivity index (χ0) is 14.7. The number of guanidine groups is 1. The molecule has 1 aromatic carbocycles. The first-order chi connectivity index (χ1) is 10.2. The van der Waals surface area contributed by atoms with Crippen molar-refractivity contribution in [3.63, 3.8) is 0 Å². The van der Waals surface area contributed by atoms with Crippen molar-refractivity contribution in [2.24, 2.45) is 10.9 Å². The first kappa shape index (κ1) is 14.6. The van der Waals surface area contributed by atoms with Gasteiger partial charge in [-0.2, -0.15) is 0 Å². The van der Waals surface area contributed by atoms with E-state index in [2.05, 4.69) is 20.6 Å². The van der Waals surface area contributed by atoms with Gasteiger partial charge in [-0.25, -0.2) is 4.98 Å². The maximum absolute atomic E-state index is 5.99. The number of halogens is 1. The molecule has 2 N–H and O–H groups in total.